The molecule has 1 aliphatic rings. The van der Waals surface area contributed by atoms with Crippen molar-refractivity contribution in [1.29, 1.82) is 0 Å². The smallest absolute Gasteiger partial charge is 0.196 e. The molecule has 0 amide bonds. The van der Waals surface area contributed by atoms with E-state index < -0.39 is 0 Å². The van der Waals surface area contributed by atoms with Crippen molar-refractivity contribution in [2.45, 2.75) is 37.2 Å². The first-order valence-corrected chi connectivity index (χ1v) is 10.2. The zero-order chi connectivity index (χ0) is 17.8. The molecule has 1 aromatic heterocycles. The Hall–Kier alpha value is -2.11. The van der Waals surface area contributed by atoms with Crippen molar-refractivity contribution in [3.63, 3.8) is 0 Å². The van der Waals surface area contributed by atoms with Gasteiger partial charge in [0.15, 0.2) is 11.0 Å². The fourth-order valence-electron chi connectivity index (χ4n) is 3.39. The Kier molecular flexibility index (Phi) is 5.37. The van der Waals surface area contributed by atoms with E-state index in [4.69, 9.17) is 0 Å². The van der Waals surface area contributed by atoms with Crippen LogP contribution in [0.3, 0.4) is 0 Å². The fraction of sp³-hybridized carbons (Fsp3) is 0.333. The van der Waals surface area contributed by atoms with Gasteiger partial charge in [-0.15, -0.1) is 10.2 Å². The molecule has 0 saturated carbocycles. The first kappa shape index (κ1) is 17.3. The molecule has 2 heterocycles. The molecule has 4 rings (SSSR count). The number of nitrogens with zero attached hydrogens (tertiary/aromatic N) is 4. The van der Waals surface area contributed by atoms with Gasteiger partial charge in [-0.1, -0.05) is 54.2 Å². The maximum atomic E-state index is 4.54. The predicted molar refractivity (Wildman–Crippen MR) is 107 cm³/mol. The first-order chi connectivity index (χ1) is 12.8. The molecule has 4 nitrogen and oxygen atoms in total. The average Bonchev–Trinajstić information content (AvgIpc) is 3.32. The van der Waals surface area contributed by atoms with Crippen LogP contribution in [-0.2, 0) is 12.3 Å². The molecular formula is C21H24N4S. The van der Waals surface area contributed by atoms with Gasteiger partial charge < -0.3 is 0 Å². The standard InChI is InChI=1S/C21H24N4S/c1-17-9-5-6-10-18(17)16-26-21-23-22-20(15-24-13-7-8-14-24)25(21)19-11-3-2-4-12-19/h2-6,9-12H,7-8,13-16H2,1H3. The molecule has 3 aromatic rings. The third kappa shape index (κ3) is 3.84. The van der Waals surface area contributed by atoms with Crippen molar-refractivity contribution < 1.29 is 0 Å². The molecule has 0 spiro atoms. The highest BCUT2D eigenvalue weighted by Gasteiger charge is 2.19. The second kappa shape index (κ2) is 8.06. The number of aromatic nitrogens is 3. The molecule has 5 heteroatoms. The van der Waals surface area contributed by atoms with Crippen LogP contribution in [0.5, 0.6) is 0 Å². The quantitative estimate of drug-likeness (QED) is 0.605. The van der Waals surface area contributed by atoms with Gasteiger partial charge in [-0.05, 0) is 56.1 Å². The van der Waals surface area contributed by atoms with Gasteiger partial charge >= 0.3 is 0 Å². The van der Waals surface area contributed by atoms with Crippen molar-refractivity contribution in [2.75, 3.05) is 13.1 Å². The Balaban J connectivity index is 1.61. The summed E-state index contributed by atoms with van der Waals surface area (Å²) in [5.74, 6) is 1.94. The van der Waals surface area contributed by atoms with Crippen LogP contribution in [-0.4, -0.2) is 32.8 Å². The van der Waals surface area contributed by atoms with E-state index in [0.717, 1.165) is 42.1 Å². The summed E-state index contributed by atoms with van der Waals surface area (Å²) in [6, 6.07) is 19.0. The molecule has 0 bridgehead atoms. The molecule has 0 N–H and O–H groups in total. The van der Waals surface area contributed by atoms with Crippen molar-refractivity contribution in [1.82, 2.24) is 19.7 Å². The van der Waals surface area contributed by atoms with E-state index in [1.807, 2.05) is 6.07 Å². The van der Waals surface area contributed by atoms with Crippen molar-refractivity contribution in [3.8, 4) is 5.69 Å². The highest BCUT2D eigenvalue weighted by atomic mass is 32.2. The van der Waals surface area contributed by atoms with Gasteiger partial charge in [-0.3, -0.25) is 9.47 Å². The lowest BCUT2D eigenvalue weighted by molar-refractivity contribution is 0.319. The van der Waals surface area contributed by atoms with Gasteiger partial charge in [-0.25, -0.2) is 0 Å². The Bertz CT molecular complexity index is 853. The number of rotatable bonds is 6. The van der Waals surface area contributed by atoms with Crippen LogP contribution in [0.1, 0.15) is 29.8 Å². The molecule has 0 aliphatic carbocycles. The molecule has 2 aromatic carbocycles. The van der Waals surface area contributed by atoms with E-state index in [9.17, 15) is 0 Å². The Morgan fingerprint density at radius 3 is 2.42 bits per heavy atom. The van der Waals surface area contributed by atoms with Gasteiger partial charge in [0.2, 0.25) is 0 Å². The van der Waals surface area contributed by atoms with Gasteiger partial charge in [0.25, 0.3) is 0 Å². The molecule has 1 fully saturated rings. The van der Waals surface area contributed by atoms with Crippen LogP contribution < -0.4 is 0 Å². The number of likely N-dealkylation sites (tertiary alicyclic amines) is 1. The maximum Gasteiger partial charge on any atom is 0.196 e. The summed E-state index contributed by atoms with van der Waals surface area (Å²) in [5.41, 5.74) is 3.81. The molecule has 1 saturated heterocycles. The predicted octanol–water partition coefficient (Wildman–Crippen LogP) is 4.46. The van der Waals surface area contributed by atoms with Crippen molar-refractivity contribution >= 4 is 11.8 Å². The lowest BCUT2D eigenvalue weighted by atomic mass is 10.1. The van der Waals surface area contributed by atoms with E-state index in [1.54, 1.807) is 11.8 Å². The van der Waals surface area contributed by atoms with Crippen LogP contribution in [0.15, 0.2) is 59.8 Å². The number of thioether (sulfide) groups is 1. The fourth-order valence-corrected chi connectivity index (χ4v) is 4.43. The summed E-state index contributed by atoms with van der Waals surface area (Å²) in [6.45, 7) is 5.35. The van der Waals surface area contributed by atoms with Crippen molar-refractivity contribution in [3.05, 3.63) is 71.5 Å². The molecule has 0 atom stereocenters. The summed E-state index contributed by atoms with van der Waals surface area (Å²) >= 11 is 1.76. The third-order valence-corrected chi connectivity index (χ3v) is 5.87. The molecular weight excluding hydrogens is 340 g/mol. The summed E-state index contributed by atoms with van der Waals surface area (Å²) in [7, 11) is 0. The zero-order valence-corrected chi connectivity index (χ0v) is 16.0. The summed E-state index contributed by atoms with van der Waals surface area (Å²) in [6.07, 6.45) is 2.57. The van der Waals surface area contributed by atoms with Crippen LogP contribution >= 0.6 is 11.8 Å². The third-order valence-electron chi connectivity index (χ3n) is 4.90. The number of benzene rings is 2. The SMILES string of the molecule is Cc1ccccc1CSc1nnc(CN2CCCC2)n1-c1ccccc1. The van der Waals surface area contributed by atoms with E-state index in [2.05, 4.69) is 75.1 Å². The summed E-state index contributed by atoms with van der Waals surface area (Å²) in [5, 5.41) is 10.0. The Labute approximate surface area is 159 Å². The zero-order valence-electron chi connectivity index (χ0n) is 15.1. The Morgan fingerprint density at radius 2 is 1.65 bits per heavy atom. The lowest BCUT2D eigenvalue weighted by Crippen LogP contribution is -2.21. The van der Waals surface area contributed by atoms with E-state index in [-0.39, 0.29) is 0 Å². The highest BCUT2D eigenvalue weighted by Crippen LogP contribution is 2.27. The minimum absolute atomic E-state index is 0.868. The van der Waals surface area contributed by atoms with E-state index in [1.165, 1.54) is 24.0 Å². The lowest BCUT2D eigenvalue weighted by Gasteiger charge is -2.16. The number of hydrogen-bond acceptors (Lipinski definition) is 4. The second-order valence-electron chi connectivity index (χ2n) is 6.77. The van der Waals surface area contributed by atoms with Crippen LogP contribution in [0.4, 0.5) is 0 Å². The highest BCUT2D eigenvalue weighted by molar-refractivity contribution is 7.98. The summed E-state index contributed by atoms with van der Waals surface area (Å²) < 4.78 is 2.22. The van der Waals surface area contributed by atoms with Crippen LogP contribution in [0, 0.1) is 6.92 Å². The van der Waals surface area contributed by atoms with Gasteiger partial charge in [-0.2, -0.15) is 0 Å². The molecule has 1 aliphatic heterocycles. The van der Waals surface area contributed by atoms with Gasteiger partial charge in [0, 0.05) is 11.4 Å². The van der Waals surface area contributed by atoms with Crippen molar-refractivity contribution in [2.24, 2.45) is 0 Å². The molecule has 0 radical (unpaired) electrons. The van der Waals surface area contributed by atoms with Gasteiger partial charge in [0.05, 0.1) is 6.54 Å². The minimum atomic E-state index is 0.868. The normalized spacial score (nSPS) is 14.8. The first-order valence-electron chi connectivity index (χ1n) is 9.20. The average molecular weight is 365 g/mol. The van der Waals surface area contributed by atoms with E-state index in [0.29, 0.717) is 0 Å². The maximum absolute atomic E-state index is 4.54. The number of aryl methyl sites for hydroxylation is 1. The summed E-state index contributed by atoms with van der Waals surface area (Å²) in [4.78, 5) is 2.47. The van der Waals surface area contributed by atoms with Crippen LogP contribution in [0.2, 0.25) is 0 Å². The molecule has 26 heavy (non-hydrogen) atoms. The van der Waals surface area contributed by atoms with Gasteiger partial charge in [0.1, 0.15) is 0 Å². The molecule has 0 unspecified atom stereocenters. The molecule has 134 valence electrons. The Morgan fingerprint density at radius 1 is 0.923 bits per heavy atom. The number of hydrogen-bond donors (Lipinski definition) is 0. The minimum Gasteiger partial charge on any atom is -0.296 e. The van der Waals surface area contributed by atoms with Crippen LogP contribution in [0.25, 0.3) is 5.69 Å². The number of para-hydroxylation sites is 1. The largest absolute Gasteiger partial charge is 0.296 e. The second-order valence-corrected chi connectivity index (χ2v) is 7.71. The topological polar surface area (TPSA) is 34.0 Å². The van der Waals surface area contributed by atoms with E-state index >= 15 is 0 Å². The monoisotopic (exact) mass is 364 g/mol.